The highest BCUT2D eigenvalue weighted by Crippen LogP contribution is 2.30. The first-order chi connectivity index (χ1) is 12.0. The fourth-order valence-electron chi connectivity index (χ4n) is 3.42. The van der Waals surface area contributed by atoms with E-state index in [1.807, 2.05) is 19.1 Å². The summed E-state index contributed by atoms with van der Waals surface area (Å²) in [6.07, 6.45) is 2.92. The van der Waals surface area contributed by atoms with Gasteiger partial charge in [0, 0.05) is 32.5 Å². The van der Waals surface area contributed by atoms with E-state index < -0.39 is 11.6 Å². The molecule has 3 rings (SSSR count). The number of carbonyl (C=O) groups excluding carboxylic acids is 1. The van der Waals surface area contributed by atoms with E-state index in [2.05, 4.69) is 0 Å². The molecular weight excluding hydrogens is 322 g/mol. The van der Waals surface area contributed by atoms with Crippen LogP contribution in [0.1, 0.15) is 37.7 Å². The number of rotatable bonds is 4. The molecule has 25 heavy (non-hydrogen) atoms. The van der Waals surface area contributed by atoms with Crippen LogP contribution >= 0.6 is 0 Å². The highest BCUT2D eigenvalue weighted by Gasteiger charge is 2.45. The van der Waals surface area contributed by atoms with E-state index in [0.29, 0.717) is 25.4 Å². The van der Waals surface area contributed by atoms with Gasteiger partial charge in [-0.2, -0.15) is 0 Å². The molecule has 0 bridgehead atoms. The number of likely N-dealkylation sites (tertiary alicyclic amines) is 1. The van der Waals surface area contributed by atoms with Crippen molar-refractivity contribution in [3.05, 3.63) is 29.8 Å². The Morgan fingerprint density at radius 2 is 1.88 bits per heavy atom. The van der Waals surface area contributed by atoms with Gasteiger partial charge >= 0.3 is 5.97 Å². The van der Waals surface area contributed by atoms with Crippen molar-refractivity contribution in [1.29, 1.82) is 0 Å². The van der Waals surface area contributed by atoms with E-state index in [1.165, 1.54) is 0 Å². The van der Waals surface area contributed by atoms with Crippen LogP contribution in [0, 0.1) is 6.92 Å². The molecule has 1 aromatic rings. The summed E-state index contributed by atoms with van der Waals surface area (Å²) in [5, 5.41) is 9.73. The van der Waals surface area contributed by atoms with Gasteiger partial charge in [0.15, 0.2) is 0 Å². The Labute approximate surface area is 147 Å². The fraction of sp³-hybridized carbons (Fsp3) is 0.579. The number of carbonyl (C=O) groups is 2. The third-order valence-electron chi connectivity index (χ3n) is 5.06. The average molecular weight is 347 g/mol. The first kappa shape index (κ1) is 17.7. The zero-order chi connectivity index (χ0) is 17.9. The van der Waals surface area contributed by atoms with Crippen LogP contribution < -0.4 is 4.74 Å². The molecule has 6 nitrogen and oxygen atoms in total. The van der Waals surface area contributed by atoms with E-state index in [1.54, 1.807) is 17.0 Å². The molecule has 2 aliphatic heterocycles. The van der Waals surface area contributed by atoms with Gasteiger partial charge < -0.3 is 19.5 Å². The zero-order valence-electron chi connectivity index (χ0n) is 14.6. The van der Waals surface area contributed by atoms with Gasteiger partial charge in [-0.15, -0.1) is 0 Å². The summed E-state index contributed by atoms with van der Waals surface area (Å²) in [6, 6.07) is 7.36. The van der Waals surface area contributed by atoms with Gasteiger partial charge in [0.25, 0.3) is 5.91 Å². The number of amides is 1. The quantitative estimate of drug-likeness (QED) is 0.905. The number of carboxylic acid groups (broad SMARTS) is 1. The first-order valence-corrected chi connectivity index (χ1v) is 8.90. The van der Waals surface area contributed by atoms with Gasteiger partial charge in [-0.3, -0.25) is 4.79 Å². The van der Waals surface area contributed by atoms with Gasteiger partial charge in [-0.1, -0.05) is 17.7 Å². The van der Waals surface area contributed by atoms with E-state index in [-0.39, 0.29) is 24.9 Å². The third-order valence-corrected chi connectivity index (χ3v) is 5.06. The molecule has 0 saturated carbocycles. The monoisotopic (exact) mass is 347 g/mol. The molecule has 2 aliphatic rings. The van der Waals surface area contributed by atoms with Crippen molar-refractivity contribution in [2.24, 2.45) is 0 Å². The van der Waals surface area contributed by atoms with Crippen LogP contribution in [0.5, 0.6) is 5.75 Å². The molecule has 2 heterocycles. The second kappa shape index (κ2) is 7.44. The lowest BCUT2D eigenvalue weighted by atomic mass is 9.90. The van der Waals surface area contributed by atoms with Gasteiger partial charge in [-0.05, 0) is 38.3 Å². The number of hydrogen-bond donors (Lipinski definition) is 1. The number of nitrogens with zero attached hydrogens (tertiary/aromatic N) is 1. The molecule has 0 aromatic heterocycles. The van der Waals surface area contributed by atoms with Crippen LogP contribution in [0.25, 0.3) is 0 Å². The van der Waals surface area contributed by atoms with Gasteiger partial charge in [0.2, 0.25) is 5.60 Å². The Bertz CT molecular complexity index is 613. The Morgan fingerprint density at radius 1 is 1.20 bits per heavy atom. The molecule has 1 N–H and O–H groups in total. The molecular formula is C19H25NO5. The maximum atomic E-state index is 12.5. The second-order valence-corrected chi connectivity index (χ2v) is 6.90. The highest BCUT2D eigenvalue weighted by atomic mass is 16.5. The van der Waals surface area contributed by atoms with Gasteiger partial charge in [0.1, 0.15) is 11.9 Å². The molecule has 1 amide bonds. The molecule has 1 atom stereocenters. The normalized spacial score (nSPS) is 23.1. The minimum atomic E-state index is -1.28. The number of hydrogen-bond acceptors (Lipinski definition) is 4. The van der Waals surface area contributed by atoms with E-state index in [0.717, 1.165) is 24.8 Å². The molecule has 0 spiro atoms. The van der Waals surface area contributed by atoms with E-state index in [4.69, 9.17) is 9.47 Å². The molecule has 2 fully saturated rings. The second-order valence-electron chi connectivity index (χ2n) is 6.90. The number of benzene rings is 1. The summed E-state index contributed by atoms with van der Waals surface area (Å²) >= 11 is 0. The van der Waals surface area contributed by atoms with Crippen LogP contribution in [-0.4, -0.2) is 53.3 Å². The number of carboxylic acids is 1. The van der Waals surface area contributed by atoms with Crippen LogP contribution in [-0.2, 0) is 14.3 Å². The van der Waals surface area contributed by atoms with Crippen molar-refractivity contribution in [3.8, 4) is 5.75 Å². The highest BCUT2D eigenvalue weighted by molar-refractivity contribution is 5.82. The topological polar surface area (TPSA) is 76.1 Å². The van der Waals surface area contributed by atoms with Crippen molar-refractivity contribution >= 4 is 11.9 Å². The molecule has 6 heteroatoms. The standard InChI is InChI=1S/C19H25NO5/c1-14-5-7-15(8-6-14)25-19(18(22)23)9-11-20(12-10-19)17(21)16-4-2-3-13-24-16/h5-8,16H,2-4,9-13H2,1H3,(H,22,23). The maximum absolute atomic E-state index is 12.5. The smallest absolute Gasteiger partial charge is 0.348 e. The van der Waals surface area contributed by atoms with Crippen molar-refractivity contribution in [2.75, 3.05) is 19.7 Å². The van der Waals surface area contributed by atoms with Crippen LogP contribution in [0.4, 0.5) is 0 Å². The van der Waals surface area contributed by atoms with Gasteiger partial charge in [0.05, 0.1) is 0 Å². The summed E-state index contributed by atoms with van der Waals surface area (Å²) in [4.78, 5) is 26.1. The minimum absolute atomic E-state index is 0.0194. The third kappa shape index (κ3) is 3.95. The molecule has 1 aromatic carbocycles. The number of ether oxygens (including phenoxy) is 2. The SMILES string of the molecule is Cc1ccc(OC2(C(=O)O)CCN(C(=O)C3CCCCO3)CC2)cc1. The maximum Gasteiger partial charge on any atom is 0.348 e. The van der Waals surface area contributed by atoms with Crippen LogP contribution in [0.2, 0.25) is 0 Å². The van der Waals surface area contributed by atoms with Crippen molar-refractivity contribution in [2.45, 2.75) is 50.7 Å². The predicted molar refractivity (Wildman–Crippen MR) is 91.6 cm³/mol. The number of aryl methyl sites for hydroxylation is 1. The van der Waals surface area contributed by atoms with Gasteiger partial charge in [-0.25, -0.2) is 4.79 Å². The average Bonchev–Trinajstić information content (AvgIpc) is 2.64. The summed E-state index contributed by atoms with van der Waals surface area (Å²) in [5.41, 5.74) is -0.191. The summed E-state index contributed by atoms with van der Waals surface area (Å²) in [7, 11) is 0. The lowest BCUT2D eigenvalue weighted by Gasteiger charge is -2.40. The number of piperidine rings is 1. The summed E-state index contributed by atoms with van der Waals surface area (Å²) in [5.74, 6) is -0.452. The molecule has 1 unspecified atom stereocenters. The summed E-state index contributed by atoms with van der Waals surface area (Å²) in [6.45, 7) is 3.34. The van der Waals surface area contributed by atoms with Crippen LogP contribution in [0.15, 0.2) is 24.3 Å². The first-order valence-electron chi connectivity index (χ1n) is 8.90. The molecule has 136 valence electrons. The van der Waals surface area contributed by atoms with Crippen molar-refractivity contribution in [3.63, 3.8) is 0 Å². The van der Waals surface area contributed by atoms with Crippen molar-refractivity contribution in [1.82, 2.24) is 4.90 Å². The number of aliphatic carboxylic acids is 1. The lowest BCUT2D eigenvalue weighted by molar-refractivity contribution is -0.164. The van der Waals surface area contributed by atoms with E-state index in [9.17, 15) is 14.7 Å². The molecule has 0 aliphatic carbocycles. The van der Waals surface area contributed by atoms with E-state index >= 15 is 0 Å². The Balaban J connectivity index is 1.64. The molecule has 0 radical (unpaired) electrons. The fourth-order valence-corrected chi connectivity index (χ4v) is 3.42. The predicted octanol–water partition coefficient (Wildman–Crippen LogP) is 2.39. The van der Waals surface area contributed by atoms with Crippen LogP contribution in [0.3, 0.4) is 0 Å². The summed E-state index contributed by atoms with van der Waals surface area (Å²) < 4.78 is 11.4. The largest absolute Gasteiger partial charge is 0.478 e. The molecule has 2 saturated heterocycles. The zero-order valence-corrected chi connectivity index (χ0v) is 14.6. The van der Waals surface area contributed by atoms with Crippen molar-refractivity contribution < 1.29 is 24.2 Å². The minimum Gasteiger partial charge on any atom is -0.478 e. The Morgan fingerprint density at radius 3 is 2.44 bits per heavy atom. The lowest BCUT2D eigenvalue weighted by Crippen LogP contribution is -2.56. The Kier molecular flexibility index (Phi) is 5.27. The Hall–Kier alpha value is -2.08.